The SMILES string of the molecule is CCOC(=O)C(C(=O)OCC)[C@@H]1OC[C@H]2[C@H](OS(C)(=O)=O)[C@@H](OS(C)(=O)=O)[C@H](SCC)N12. The molecule has 0 spiro atoms. The van der Waals surface area contributed by atoms with Crippen molar-refractivity contribution < 1.29 is 49.0 Å². The molecule has 0 N–H and O–H groups in total. The van der Waals surface area contributed by atoms with Crippen molar-refractivity contribution in [3.8, 4) is 0 Å². The van der Waals surface area contributed by atoms with Crippen molar-refractivity contribution in [3.63, 3.8) is 0 Å². The highest BCUT2D eigenvalue weighted by Gasteiger charge is 2.61. The minimum Gasteiger partial charge on any atom is -0.465 e. The van der Waals surface area contributed by atoms with Crippen molar-refractivity contribution in [2.24, 2.45) is 5.92 Å². The lowest BCUT2D eigenvalue weighted by Gasteiger charge is -2.32. The number of nitrogens with zero attached hydrogens (tertiary/aromatic N) is 1. The van der Waals surface area contributed by atoms with Crippen LogP contribution in [0.4, 0.5) is 0 Å². The number of thioether (sulfide) groups is 1. The minimum atomic E-state index is -4.01. The van der Waals surface area contributed by atoms with Crippen LogP contribution in [0.15, 0.2) is 0 Å². The van der Waals surface area contributed by atoms with Crippen molar-refractivity contribution in [2.75, 3.05) is 38.1 Å². The van der Waals surface area contributed by atoms with Crippen LogP contribution in [0.1, 0.15) is 20.8 Å². The molecule has 2 heterocycles. The van der Waals surface area contributed by atoms with Gasteiger partial charge in [-0.1, -0.05) is 6.92 Å². The van der Waals surface area contributed by atoms with Gasteiger partial charge in [0.15, 0.2) is 5.92 Å². The molecule has 0 aliphatic carbocycles. The first-order chi connectivity index (χ1) is 14.8. The van der Waals surface area contributed by atoms with Gasteiger partial charge in [0.25, 0.3) is 20.2 Å². The van der Waals surface area contributed by atoms with Crippen LogP contribution in [0, 0.1) is 5.92 Å². The number of ether oxygens (including phenoxy) is 3. The molecule has 0 aromatic rings. The Kier molecular flexibility index (Phi) is 9.35. The van der Waals surface area contributed by atoms with E-state index in [2.05, 4.69) is 0 Å². The summed E-state index contributed by atoms with van der Waals surface area (Å²) in [5, 5.41) is -0.801. The molecule has 186 valence electrons. The Bertz CT molecular complexity index is 873. The average Bonchev–Trinajstić information content (AvgIpc) is 3.16. The highest BCUT2D eigenvalue weighted by molar-refractivity contribution is 7.99. The number of esters is 2. The lowest BCUT2D eigenvalue weighted by atomic mass is 10.1. The van der Waals surface area contributed by atoms with E-state index >= 15 is 0 Å². The molecule has 0 aromatic heterocycles. The van der Waals surface area contributed by atoms with Gasteiger partial charge in [0.1, 0.15) is 18.4 Å². The zero-order valence-electron chi connectivity index (χ0n) is 18.5. The monoisotopic (exact) mass is 519 g/mol. The fourth-order valence-corrected chi connectivity index (χ4v) is 6.27. The zero-order chi connectivity index (χ0) is 24.3. The lowest BCUT2D eigenvalue weighted by Crippen LogP contribution is -2.50. The summed E-state index contributed by atoms with van der Waals surface area (Å²) in [5.74, 6) is -2.75. The molecule has 12 nitrogen and oxygen atoms in total. The molecule has 2 fully saturated rings. The second-order valence-corrected chi connectivity index (χ2v) is 11.7. The first kappa shape index (κ1) is 27.3. The molecule has 2 aliphatic rings. The van der Waals surface area contributed by atoms with Gasteiger partial charge in [-0.2, -0.15) is 16.8 Å². The molecule has 15 heteroatoms. The first-order valence-corrected chi connectivity index (χ1v) is 14.6. The Hall–Kier alpha value is -0.970. The van der Waals surface area contributed by atoms with Gasteiger partial charge in [-0.05, 0) is 19.6 Å². The fraction of sp³-hybridized carbons (Fsp3) is 0.882. The largest absolute Gasteiger partial charge is 0.465 e. The third kappa shape index (κ3) is 6.55. The molecule has 0 aromatic carbocycles. The van der Waals surface area contributed by atoms with Gasteiger partial charge in [-0.25, -0.2) is 0 Å². The molecule has 0 amide bonds. The smallest absolute Gasteiger partial charge is 0.324 e. The fourth-order valence-electron chi connectivity index (χ4n) is 3.74. The standard InChI is InChI=1S/C17H29NO11S3/c1-6-25-16(19)11(17(20)26-7-2)14-18-10(9-27-14)12(28-31(4,21)22)13(15(18)30-8-3)29-32(5,23)24/h10-15H,6-9H2,1-5H3/t10-,12-,13+,14-,15-/m0/s1. The Balaban J connectivity index is 2.52. The molecule has 0 bridgehead atoms. The highest BCUT2D eigenvalue weighted by Crippen LogP contribution is 2.44. The van der Waals surface area contributed by atoms with E-state index in [1.165, 1.54) is 11.8 Å². The number of carbonyl (C=O) groups is 2. The van der Waals surface area contributed by atoms with Gasteiger partial charge in [-0.3, -0.25) is 22.9 Å². The Morgan fingerprint density at radius 2 is 1.47 bits per heavy atom. The van der Waals surface area contributed by atoms with Crippen LogP contribution in [0.3, 0.4) is 0 Å². The highest BCUT2D eigenvalue weighted by atomic mass is 32.2. The molecule has 2 rings (SSSR count). The minimum absolute atomic E-state index is 0.0116. The third-order valence-corrected chi connectivity index (χ3v) is 7.00. The van der Waals surface area contributed by atoms with Gasteiger partial charge in [-0.15, -0.1) is 11.8 Å². The van der Waals surface area contributed by atoms with Gasteiger partial charge in [0, 0.05) is 0 Å². The number of hydrogen-bond acceptors (Lipinski definition) is 13. The maximum Gasteiger partial charge on any atom is 0.324 e. The molecular formula is C17H29NO11S3. The van der Waals surface area contributed by atoms with Gasteiger partial charge in [0.2, 0.25) is 0 Å². The summed E-state index contributed by atoms with van der Waals surface area (Å²) in [4.78, 5) is 26.8. The van der Waals surface area contributed by atoms with Crippen molar-refractivity contribution in [1.29, 1.82) is 0 Å². The average molecular weight is 520 g/mol. The Morgan fingerprint density at radius 1 is 0.969 bits per heavy atom. The predicted molar refractivity (Wildman–Crippen MR) is 113 cm³/mol. The van der Waals surface area contributed by atoms with E-state index in [1.807, 2.05) is 6.92 Å². The molecule has 2 saturated heterocycles. The van der Waals surface area contributed by atoms with E-state index in [1.54, 1.807) is 18.7 Å². The summed E-state index contributed by atoms with van der Waals surface area (Å²) in [6.07, 6.45) is -2.00. The summed E-state index contributed by atoms with van der Waals surface area (Å²) < 4.78 is 74.0. The predicted octanol–water partition coefficient (Wildman–Crippen LogP) is -0.462. The van der Waals surface area contributed by atoms with Crippen LogP contribution in [-0.4, -0.2) is 102 Å². The molecular weight excluding hydrogens is 490 g/mol. The van der Waals surface area contributed by atoms with E-state index in [0.29, 0.717) is 5.75 Å². The maximum atomic E-state index is 12.6. The second kappa shape index (κ2) is 11.0. The van der Waals surface area contributed by atoms with Gasteiger partial charge in [0.05, 0.1) is 43.7 Å². The van der Waals surface area contributed by atoms with Crippen LogP contribution in [-0.2, 0) is 52.4 Å². The van der Waals surface area contributed by atoms with E-state index in [4.69, 9.17) is 22.6 Å². The molecule has 2 aliphatic heterocycles. The van der Waals surface area contributed by atoms with Crippen LogP contribution in [0.2, 0.25) is 0 Å². The van der Waals surface area contributed by atoms with Crippen molar-refractivity contribution in [3.05, 3.63) is 0 Å². The Morgan fingerprint density at radius 3 is 1.91 bits per heavy atom. The van der Waals surface area contributed by atoms with Crippen LogP contribution < -0.4 is 0 Å². The normalized spacial score (nSPS) is 28.6. The van der Waals surface area contributed by atoms with Crippen LogP contribution in [0.25, 0.3) is 0 Å². The summed E-state index contributed by atoms with van der Waals surface area (Å²) in [6.45, 7) is 4.86. The summed E-state index contributed by atoms with van der Waals surface area (Å²) in [7, 11) is -8.02. The molecule has 0 radical (unpaired) electrons. The van der Waals surface area contributed by atoms with E-state index < -0.39 is 67.9 Å². The zero-order valence-corrected chi connectivity index (χ0v) is 20.9. The summed E-state index contributed by atoms with van der Waals surface area (Å²) in [5.41, 5.74) is 0. The molecule has 0 saturated carbocycles. The van der Waals surface area contributed by atoms with Crippen LogP contribution in [0.5, 0.6) is 0 Å². The number of fused-ring (bicyclic) bond motifs is 1. The van der Waals surface area contributed by atoms with E-state index in [0.717, 1.165) is 12.5 Å². The Labute approximate surface area is 192 Å². The number of rotatable bonds is 11. The summed E-state index contributed by atoms with van der Waals surface area (Å²) in [6, 6.07) is -0.808. The van der Waals surface area contributed by atoms with Crippen molar-refractivity contribution in [2.45, 2.75) is 50.6 Å². The summed E-state index contributed by atoms with van der Waals surface area (Å²) >= 11 is 1.24. The van der Waals surface area contributed by atoms with Crippen molar-refractivity contribution in [1.82, 2.24) is 4.90 Å². The number of hydrogen-bond donors (Lipinski definition) is 0. The van der Waals surface area contributed by atoms with E-state index in [-0.39, 0.29) is 19.8 Å². The first-order valence-electron chi connectivity index (χ1n) is 9.95. The molecule has 32 heavy (non-hydrogen) atoms. The number of carbonyl (C=O) groups excluding carboxylic acids is 2. The third-order valence-electron chi connectivity index (χ3n) is 4.67. The maximum absolute atomic E-state index is 12.6. The lowest BCUT2D eigenvalue weighted by molar-refractivity contribution is -0.172. The molecule has 5 atom stereocenters. The quantitative estimate of drug-likeness (QED) is 0.197. The topological polar surface area (TPSA) is 152 Å². The van der Waals surface area contributed by atoms with Gasteiger partial charge >= 0.3 is 11.9 Å². The second-order valence-electron chi connectivity index (χ2n) is 7.10. The molecule has 0 unspecified atom stereocenters. The van der Waals surface area contributed by atoms with Crippen molar-refractivity contribution >= 4 is 43.9 Å². The van der Waals surface area contributed by atoms with Gasteiger partial charge < -0.3 is 14.2 Å². The van der Waals surface area contributed by atoms with Crippen LogP contribution >= 0.6 is 11.8 Å². The van der Waals surface area contributed by atoms with E-state index in [9.17, 15) is 26.4 Å².